The number of aliphatic imine (C=N–C) groups is 1. The van der Waals surface area contributed by atoms with Crippen LogP contribution in [-0.4, -0.2) is 56.7 Å². The second-order valence-electron chi connectivity index (χ2n) is 7.10. The van der Waals surface area contributed by atoms with Gasteiger partial charge in [0.15, 0.2) is 22.0 Å². The summed E-state index contributed by atoms with van der Waals surface area (Å²) in [6.07, 6.45) is 0.799. The third-order valence-corrected chi connectivity index (χ3v) is 5.20. The van der Waals surface area contributed by atoms with Crippen molar-refractivity contribution in [1.82, 2.24) is 0 Å². The van der Waals surface area contributed by atoms with Crippen molar-refractivity contribution < 1.29 is 23.4 Å². The zero-order chi connectivity index (χ0) is 18.8. The maximum absolute atomic E-state index is 5.72. The molecule has 0 unspecified atom stereocenters. The van der Waals surface area contributed by atoms with E-state index in [1.807, 2.05) is 12.1 Å². The average Bonchev–Trinajstić information content (AvgIpc) is 2.61. The predicted octanol–water partition coefficient (Wildman–Crippen LogP) is 1.71. The summed E-state index contributed by atoms with van der Waals surface area (Å²) >= 11 is 0. The van der Waals surface area contributed by atoms with Crippen molar-refractivity contribution in [2.75, 3.05) is 28.4 Å². The quantitative estimate of drug-likeness (QED) is 0.566. The Morgan fingerprint density at radius 3 is 2.00 bits per heavy atom. The van der Waals surface area contributed by atoms with E-state index in [9.17, 15) is 0 Å². The lowest BCUT2D eigenvalue weighted by atomic mass is 9.79. The SMILES string of the molecule is COc1cc2c(cc1OC)C(C(OC)(OC)O[SiH3])=N[C@H](C(C)(C)C)C2. The van der Waals surface area contributed by atoms with Gasteiger partial charge in [-0.15, -0.1) is 0 Å². The lowest BCUT2D eigenvalue weighted by molar-refractivity contribution is -0.270. The van der Waals surface area contributed by atoms with Gasteiger partial charge in [-0.25, -0.2) is 0 Å². The van der Waals surface area contributed by atoms with Gasteiger partial charge < -0.3 is 23.4 Å². The molecule has 0 aliphatic carbocycles. The number of methoxy groups -OCH3 is 4. The first-order chi connectivity index (χ1) is 11.8. The van der Waals surface area contributed by atoms with Gasteiger partial charge in [-0.05, 0) is 29.5 Å². The number of hydrogen-bond acceptors (Lipinski definition) is 6. The van der Waals surface area contributed by atoms with Crippen LogP contribution in [0.15, 0.2) is 17.1 Å². The van der Waals surface area contributed by atoms with Gasteiger partial charge in [-0.3, -0.25) is 4.99 Å². The molecule has 1 aliphatic heterocycles. The van der Waals surface area contributed by atoms with E-state index >= 15 is 0 Å². The summed E-state index contributed by atoms with van der Waals surface area (Å²) in [6.45, 7) is 6.52. The monoisotopic (exact) mass is 367 g/mol. The Kier molecular flexibility index (Phi) is 5.93. The summed E-state index contributed by atoms with van der Waals surface area (Å²) in [5.74, 6) is 0.0183. The van der Waals surface area contributed by atoms with Gasteiger partial charge in [0.2, 0.25) is 0 Å². The van der Waals surface area contributed by atoms with Crippen LogP contribution >= 0.6 is 0 Å². The predicted molar refractivity (Wildman–Crippen MR) is 101 cm³/mol. The van der Waals surface area contributed by atoms with Crippen molar-refractivity contribution in [1.29, 1.82) is 0 Å². The molecule has 1 aromatic carbocycles. The number of rotatable bonds is 6. The zero-order valence-corrected chi connectivity index (χ0v) is 18.4. The molecule has 0 aromatic heterocycles. The van der Waals surface area contributed by atoms with Crippen molar-refractivity contribution in [3.63, 3.8) is 0 Å². The van der Waals surface area contributed by atoms with Crippen molar-refractivity contribution in [3.8, 4) is 11.5 Å². The maximum Gasteiger partial charge on any atom is 0.319 e. The lowest BCUT2D eigenvalue weighted by Crippen LogP contribution is -2.48. The molecule has 140 valence electrons. The largest absolute Gasteiger partial charge is 0.493 e. The Labute approximate surface area is 153 Å². The highest BCUT2D eigenvalue weighted by Crippen LogP contribution is 2.39. The number of benzene rings is 1. The fourth-order valence-electron chi connectivity index (χ4n) is 3.07. The highest BCUT2D eigenvalue weighted by Gasteiger charge is 2.43. The summed E-state index contributed by atoms with van der Waals surface area (Å²) < 4.78 is 27.9. The van der Waals surface area contributed by atoms with Crippen LogP contribution in [0.25, 0.3) is 0 Å². The maximum atomic E-state index is 5.72. The van der Waals surface area contributed by atoms with Gasteiger partial charge in [-0.2, -0.15) is 0 Å². The van der Waals surface area contributed by atoms with Crippen LogP contribution in [0.3, 0.4) is 0 Å². The zero-order valence-electron chi connectivity index (χ0n) is 16.4. The van der Waals surface area contributed by atoms with E-state index in [0.29, 0.717) is 27.7 Å². The Morgan fingerprint density at radius 1 is 1.00 bits per heavy atom. The normalized spacial score (nSPS) is 17.9. The fourth-order valence-corrected chi connectivity index (χ4v) is 3.60. The number of nitrogens with zero attached hydrogens (tertiary/aromatic N) is 1. The molecule has 0 saturated heterocycles. The van der Waals surface area contributed by atoms with Crippen molar-refractivity contribution in [2.24, 2.45) is 10.4 Å². The van der Waals surface area contributed by atoms with Crippen LogP contribution in [-0.2, 0) is 20.3 Å². The molecule has 0 bridgehead atoms. The molecule has 1 heterocycles. The Balaban J connectivity index is 2.72. The van der Waals surface area contributed by atoms with Crippen LogP contribution in [0.4, 0.5) is 0 Å². The van der Waals surface area contributed by atoms with Crippen LogP contribution in [0.1, 0.15) is 31.9 Å². The fraction of sp³-hybridized carbons (Fsp3) is 0.611. The van der Waals surface area contributed by atoms with Crippen LogP contribution in [0, 0.1) is 5.41 Å². The van der Waals surface area contributed by atoms with Gasteiger partial charge in [0.1, 0.15) is 5.71 Å². The first-order valence-electron chi connectivity index (χ1n) is 8.25. The Morgan fingerprint density at radius 2 is 1.56 bits per heavy atom. The molecule has 7 heteroatoms. The summed E-state index contributed by atoms with van der Waals surface area (Å²) in [7, 11) is 6.81. The van der Waals surface area contributed by atoms with Crippen molar-refractivity contribution >= 4 is 16.2 Å². The Bertz CT molecular complexity index is 641. The first-order valence-corrected chi connectivity index (χ1v) is 9.07. The molecule has 0 radical (unpaired) electrons. The summed E-state index contributed by atoms with van der Waals surface area (Å²) in [4.78, 5) is 4.98. The van der Waals surface area contributed by atoms with Gasteiger partial charge >= 0.3 is 5.97 Å². The minimum absolute atomic E-state index is 0.0193. The minimum Gasteiger partial charge on any atom is -0.493 e. The van der Waals surface area contributed by atoms with Crippen LogP contribution in [0.5, 0.6) is 11.5 Å². The molecular formula is C18H29NO5Si. The molecule has 1 atom stereocenters. The number of ether oxygens (including phenoxy) is 4. The van der Waals surface area contributed by atoms with E-state index in [1.165, 1.54) is 0 Å². The second kappa shape index (κ2) is 7.45. The Hall–Kier alpha value is -1.41. The van der Waals surface area contributed by atoms with Crippen LogP contribution in [0.2, 0.25) is 0 Å². The molecule has 0 N–H and O–H groups in total. The van der Waals surface area contributed by atoms with E-state index in [0.717, 1.165) is 17.5 Å². The van der Waals surface area contributed by atoms with E-state index in [4.69, 9.17) is 28.4 Å². The molecule has 0 fully saturated rings. The molecule has 0 amide bonds. The molecule has 1 aliphatic rings. The topological polar surface area (TPSA) is 58.5 Å². The molecule has 1 aromatic rings. The lowest BCUT2D eigenvalue weighted by Gasteiger charge is -2.38. The van der Waals surface area contributed by atoms with Gasteiger partial charge in [0.25, 0.3) is 0 Å². The van der Waals surface area contributed by atoms with E-state index < -0.39 is 5.97 Å². The average molecular weight is 368 g/mol. The van der Waals surface area contributed by atoms with Crippen LogP contribution < -0.4 is 9.47 Å². The highest BCUT2D eigenvalue weighted by atomic mass is 28.2. The smallest absolute Gasteiger partial charge is 0.319 e. The van der Waals surface area contributed by atoms with E-state index in [1.54, 1.807) is 28.4 Å². The first kappa shape index (κ1) is 19.9. The van der Waals surface area contributed by atoms with E-state index in [-0.39, 0.29) is 11.5 Å². The third-order valence-electron chi connectivity index (χ3n) is 4.66. The summed E-state index contributed by atoms with van der Waals surface area (Å²) in [6, 6.07) is 3.99. The van der Waals surface area contributed by atoms with Gasteiger partial charge in [-0.1, -0.05) is 20.8 Å². The van der Waals surface area contributed by atoms with Crippen molar-refractivity contribution in [2.45, 2.75) is 39.2 Å². The molecule has 0 spiro atoms. The second-order valence-corrected chi connectivity index (χ2v) is 7.50. The molecule has 2 rings (SSSR count). The standard InChI is InChI=1S/C18H29NO5Si/c1-17(2,3)15-9-11-8-13(20-4)14(21-5)10-12(11)16(19-15)18(22-6,23-7)24-25/h8,10,15H,9H2,1-7,25H3/t15-/m0/s1. The highest BCUT2D eigenvalue weighted by molar-refractivity contribution is 6.10. The summed E-state index contributed by atoms with van der Waals surface area (Å²) in [5.41, 5.74) is 2.63. The molecule has 0 saturated carbocycles. The number of hydrogen-bond donors (Lipinski definition) is 0. The van der Waals surface area contributed by atoms with Gasteiger partial charge in [0.05, 0.1) is 20.3 Å². The van der Waals surface area contributed by atoms with E-state index in [2.05, 4.69) is 20.8 Å². The molecular weight excluding hydrogens is 338 g/mol. The number of fused-ring (bicyclic) bond motifs is 1. The minimum atomic E-state index is -1.31. The molecule has 25 heavy (non-hydrogen) atoms. The molecule has 6 nitrogen and oxygen atoms in total. The third kappa shape index (κ3) is 3.60. The summed E-state index contributed by atoms with van der Waals surface area (Å²) in [5, 5.41) is 0. The van der Waals surface area contributed by atoms with Gasteiger partial charge in [0, 0.05) is 19.8 Å². The van der Waals surface area contributed by atoms with Crippen molar-refractivity contribution in [3.05, 3.63) is 23.3 Å².